The molecule has 1 amide bonds. The van der Waals surface area contributed by atoms with Gasteiger partial charge in [0.15, 0.2) is 0 Å². The Morgan fingerprint density at radius 1 is 1.16 bits per heavy atom. The Morgan fingerprint density at radius 2 is 1.84 bits per heavy atom. The van der Waals surface area contributed by atoms with E-state index < -0.39 is 0 Å². The van der Waals surface area contributed by atoms with Gasteiger partial charge in [0, 0.05) is 5.56 Å². The molecule has 0 radical (unpaired) electrons. The topological polar surface area (TPSA) is 46.9 Å². The number of nitrogens with one attached hydrogen (secondary N) is 1. The number of hydrogen-bond donors (Lipinski definition) is 1. The maximum atomic E-state index is 13.9. The van der Waals surface area contributed by atoms with Crippen molar-refractivity contribution in [3.63, 3.8) is 0 Å². The third-order valence-electron chi connectivity index (χ3n) is 4.02. The van der Waals surface area contributed by atoms with Gasteiger partial charge in [-0.25, -0.2) is 4.39 Å². The first-order valence-corrected chi connectivity index (χ1v) is 8.18. The predicted octanol–water partition coefficient (Wildman–Crippen LogP) is 4.59. The highest BCUT2D eigenvalue weighted by molar-refractivity contribution is 6.34. The third-order valence-corrected chi connectivity index (χ3v) is 4.35. The van der Waals surface area contributed by atoms with Crippen molar-refractivity contribution < 1.29 is 9.18 Å². The smallest absolute Gasteiger partial charge is 0.257 e. The molecule has 1 N–H and O–H groups in total. The van der Waals surface area contributed by atoms with E-state index >= 15 is 0 Å². The summed E-state index contributed by atoms with van der Waals surface area (Å²) in [7, 11) is 0. The first-order valence-electron chi connectivity index (χ1n) is 7.80. The van der Waals surface area contributed by atoms with Crippen LogP contribution in [0.25, 0.3) is 0 Å². The molecule has 0 atom stereocenters. The van der Waals surface area contributed by atoms with Gasteiger partial charge in [-0.2, -0.15) is 5.10 Å². The molecule has 128 valence electrons. The van der Waals surface area contributed by atoms with Crippen molar-refractivity contribution in [3.05, 3.63) is 81.9 Å². The molecule has 0 aliphatic heterocycles. The Morgan fingerprint density at radius 3 is 2.56 bits per heavy atom. The van der Waals surface area contributed by atoms with Crippen LogP contribution in [0, 0.1) is 19.7 Å². The van der Waals surface area contributed by atoms with Crippen LogP contribution < -0.4 is 5.32 Å². The van der Waals surface area contributed by atoms with Gasteiger partial charge in [-0.05, 0) is 32.0 Å². The van der Waals surface area contributed by atoms with Crippen LogP contribution in [0.4, 0.5) is 10.1 Å². The van der Waals surface area contributed by atoms with E-state index in [0.29, 0.717) is 34.1 Å². The molecule has 0 aliphatic rings. The number of carbonyl (C=O) groups is 1. The van der Waals surface area contributed by atoms with Crippen LogP contribution in [0.1, 0.15) is 27.3 Å². The zero-order valence-corrected chi connectivity index (χ0v) is 14.6. The minimum atomic E-state index is -0.303. The summed E-state index contributed by atoms with van der Waals surface area (Å²) in [5.74, 6) is -0.584. The second-order valence-corrected chi connectivity index (χ2v) is 6.14. The quantitative estimate of drug-likeness (QED) is 0.742. The van der Waals surface area contributed by atoms with Crippen LogP contribution in [-0.2, 0) is 6.54 Å². The summed E-state index contributed by atoms with van der Waals surface area (Å²) < 4.78 is 15.5. The number of nitrogens with zero attached hydrogens (tertiary/aromatic N) is 2. The maximum absolute atomic E-state index is 13.9. The van der Waals surface area contributed by atoms with E-state index in [0.717, 1.165) is 5.69 Å². The molecule has 1 heterocycles. The fourth-order valence-electron chi connectivity index (χ4n) is 2.65. The lowest BCUT2D eigenvalue weighted by molar-refractivity contribution is 0.102. The molecule has 3 aromatic rings. The van der Waals surface area contributed by atoms with Gasteiger partial charge in [0.2, 0.25) is 0 Å². The minimum Gasteiger partial charge on any atom is -0.319 e. The van der Waals surface area contributed by atoms with E-state index in [1.165, 1.54) is 6.07 Å². The second kappa shape index (κ2) is 7.07. The van der Waals surface area contributed by atoms with Crippen molar-refractivity contribution in [2.24, 2.45) is 0 Å². The number of hydrogen-bond acceptors (Lipinski definition) is 2. The van der Waals surface area contributed by atoms with E-state index in [2.05, 4.69) is 10.4 Å². The summed E-state index contributed by atoms with van der Waals surface area (Å²) in [6.07, 6.45) is 0. The summed E-state index contributed by atoms with van der Waals surface area (Å²) in [6, 6.07) is 13.4. The molecule has 0 saturated carbocycles. The molecule has 25 heavy (non-hydrogen) atoms. The SMILES string of the molecule is Cc1nn(Cc2ccccc2F)c(C)c1NC(=O)c1ccccc1Cl. The number of carbonyl (C=O) groups excluding carboxylic acids is 1. The first-order chi connectivity index (χ1) is 12.0. The van der Waals surface area contributed by atoms with Crippen molar-refractivity contribution in [1.82, 2.24) is 9.78 Å². The fourth-order valence-corrected chi connectivity index (χ4v) is 2.87. The minimum absolute atomic E-state index is 0.281. The van der Waals surface area contributed by atoms with Crippen LogP contribution in [-0.4, -0.2) is 15.7 Å². The highest BCUT2D eigenvalue weighted by Gasteiger charge is 2.17. The van der Waals surface area contributed by atoms with E-state index in [-0.39, 0.29) is 11.7 Å². The third kappa shape index (κ3) is 3.56. The van der Waals surface area contributed by atoms with E-state index in [1.54, 1.807) is 54.1 Å². The van der Waals surface area contributed by atoms with Crippen molar-refractivity contribution >= 4 is 23.2 Å². The van der Waals surface area contributed by atoms with Gasteiger partial charge in [0.05, 0.1) is 34.2 Å². The van der Waals surface area contributed by atoms with Crippen LogP contribution in [0.3, 0.4) is 0 Å². The second-order valence-electron chi connectivity index (χ2n) is 5.73. The summed E-state index contributed by atoms with van der Waals surface area (Å²) >= 11 is 6.07. The van der Waals surface area contributed by atoms with Crippen molar-refractivity contribution in [2.45, 2.75) is 20.4 Å². The molecular formula is C19H17ClFN3O. The normalized spacial score (nSPS) is 10.7. The molecule has 2 aromatic carbocycles. The predicted molar refractivity (Wildman–Crippen MR) is 96.6 cm³/mol. The lowest BCUT2D eigenvalue weighted by Gasteiger charge is -2.08. The van der Waals surface area contributed by atoms with Crippen LogP contribution >= 0.6 is 11.6 Å². The summed E-state index contributed by atoms with van der Waals surface area (Å²) in [5.41, 5.74) is 2.96. The summed E-state index contributed by atoms with van der Waals surface area (Å²) in [6.45, 7) is 3.93. The van der Waals surface area contributed by atoms with E-state index in [1.807, 2.05) is 6.92 Å². The molecule has 1 aromatic heterocycles. The van der Waals surface area contributed by atoms with Gasteiger partial charge in [0.25, 0.3) is 5.91 Å². The lowest BCUT2D eigenvalue weighted by atomic mass is 10.2. The van der Waals surface area contributed by atoms with E-state index in [9.17, 15) is 9.18 Å². The molecule has 0 fully saturated rings. The van der Waals surface area contributed by atoms with Crippen LogP contribution in [0.5, 0.6) is 0 Å². The van der Waals surface area contributed by atoms with Gasteiger partial charge in [-0.1, -0.05) is 41.9 Å². The number of halogens is 2. The summed E-state index contributed by atoms with van der Waals surface area (Å²) in [4.78, 5) is 12.5. The van der Waals surface area contributed by atoms with Gasteiger partial charge >= 0.3 is 0 Å². The molecule has 4 nitrogen and oxygen atoms in total. The molecular weight excluding hydrogens is 341 g/mol. The molecule has 0 aliphatic carbocycles. The summed E-state index contributed by atoms with van der Waals surface area (Å²) in [5, 5.41) is 7.66. The van der Waals surface area contributed by atoms with Crippen molar-refractivity contribution in [3.8, 4) is 0 Å². The monoisotopic (exact) mass is 357 g/mol. The van der Waals surface area contributed by atoms with Crippen LogP contribution in [0.15, 0.2) is 48.5 Å². The van der Waals surface area contributed by atoms with Gasteiger partial charge in [-0.15, -0.1) is 0 Å². The average Bonchev–Trinajstić information content (AvgIpc) is 2.85. The lowest BCUT2D eigenvalue weighted by Crippen LogP contribution is -2.14. The van der Waals surface area contributed by atoms with Gasteiger partial charge in [0.1, 0.15) is 5.82 Å². The Balaban J connectivity index is 1.86. The van der Waals surface area contributed by atoms with Crippen molar-refractivity contribution in [1.29, 1.82) is 0 Å². The Hall–Kier alpha value is -2.66. The highest BCUT2D eigenvalue weighted by atomic mass is 35.5. The number of amides is 1. The zero-order chi connectivity index (χ0) is 18.0. The number of aryl methyl sites for hydroxylation is 1. The standard InChI is InChI=1S/C19H17ClFN3O/c1-12-18(22-19(25)15-8-4-5-9-16(15)20)13(2)24(23-12)11-14-7-3-6-10-17(14)21/h3-10H,11H2,1-2H3,(H,22,25). The van der Waals surface area contributed by atoms with Gasteiger partial charge < -0.3 is 5.32 Å². The molecule has 3 rings (SSSR count). The number of benzene rings is 2. The fraction of sp³-hybridized carbons (Fsp3) is 0.158. The van der Waals surface area contributed by atoms with Gasteiger partial charge in [-0.3, -0.25) is 9.48 Å². The highest BCUT2D eigenvalue weighted by Crippen LogP contribution is 2.23. The molecule has 6 heteroatoms. The molecule has 0 saturated heterocycles. The number of rotatable bonds is 4. The maximum Gasteiger partial charge on any atom is 0.257 e. The molecule has 0 unspecified atom stereocenters. The molecule has 0 bridgehead atoms. The zero-order valence-electron chi connectivity index (χ0n) is 13.9. The largest absolute Gasteiger partial charge is 0.319 e. The number of aromatic nitrogens is 2. The average molecular weight is 358 g/mol. The number of anilines is 1. The Labute approximate surface area is 150 Å². The Bertz CT molecular complexity index is 936. The van der Waals surface area contributed by atoms with E-state index in [4.69, 9.17) is 11.6 Å². The van der Waals surface area contributed by atoms with Crippen LogP contribution in [0.2, 0.25) is 5.02 Å². The first kappa shape index (κ1) is 17.2. The Kier molecular flexibility index (Phi) is 4.86. The molecule has 0 spiro atoms. The van der Waals surface area contributed by atoms with Crippen molar-refractivity contribution in [2.75, 3.05) is 5.32 Å².